The van der Waals surface area contributed by atoms with Crippen LogP contribution < -0.4 is 0 Å². The number of nitrogens with zero attached hydrogens (tertiary/aromatic N) is 5. The summed E-state index contributed by atoms with van der Waals surface area (Å²) in [4.78, 5) is 26.3. The predicted octanol–water partition coefficient (Wildman–Crippen LogP) is 0.517. The molecule has 1 amide bonds. The number of rotatable bonds is 3. The molecular weight excluding hydrogens is 258 g/mol. The number of aromatic nitrogens is 4. The first-order valence-electron chi connectivity index (χ1n) is 6.34. The maximum Gasteiger partial charge on any atom is 0.274 e. The Hall–Kier alpha value is -2.28. The molecular formula is C13H15N5O2. The van der Waals surface area contributed by atoms with Crippen molar-refractivity contribution in [2.24, 2.45) is 0 Å². The quantitative estimate of drug-likeness (QED) is 0.815. The van der Waals surface area contributed by atoms with Crippen LogP contribution in [0.5, 0.6) is 0 Å². The molecule has 0 aromatic carbocycles. The first kappa shape index (κ1) is 12.7. The predicted molar refractivity (Wildman–Crippen MR) is 69.9 cm³/mol. The fraction of sp³-hybridized carbons (Fsp3) is 0.385. The molecule has 20 heavy (non-hydrogen) atoms. The van der Waals surface area contributed by atoms with Crippen molar-refractivity contribution in [3.8, 4) is 0 Å². The number of fused-ring (bicyclic) bond motifs is 1. The molecule has 104 valence electrons. The highest BCUT2D eigenvalue weighted by molar-refractivity contribution is 5.92. The smallest absolute Gasteiger partial charge is 0.274 e. The molecule has 7 nitrogen and oxygen atoms in total. The Morgan fingerprint density at radius 3 is 3.05 bits per heavy atom. The fourth-order valence-electron chi connectivity index (χ4n) is 2.44. The topological polar surface area (TPSA) is 73.1 Å². The molecule has 2 aromatic heterocycles. The number of amides is 1. The summed E-state index contributed by atoms with van der Waals surface area (Å²) in [6.45, 7) is 1.63. The third-order valence-electron chi connectivity index (χ3n) is 3.35. The zero-order chi connectivity index (χ0) is 13.9. The average molecular weight is 273 g/mol. The summed E-state index contributed by atoms with van der Waals surface area (Å²) in [5, 5.41) is 0. The van der Waals surface area contributed by atoms with E-state index in [0.29, 0.717) is 25.4 Å². The summed E-state index contributed by atoms with van der Waals surface area (Å²) < 4.78 is 7.29. The van der Waals surface area contributed by atoms with Gasteiger partial charge in [-0.25, -0.2) is 9.97 Å². The molecule has 0 unspecified atom stereocenters. The summed E-state index contributed by atoms with van der Waals surface area (Å²) in [6, 6.07) is 0.0758. The van der Waals surface area contributed by atoms with Crippen LogP contribution in [0.3, 0.4) is 0 Å². The second kappa shape index (κ2) is 5.38. The molecule has 0 aliphatic carbocycles. The molecule has 0 saturated carbocycles. The summed E-state index contributed by atoms with van der Waals surface area (Å²) in [7, 11) is 1.65. The standard InChI is InChI=1S/C13H15N5O2/c1-20-8-11-7-17(6-10-4-15-9-18(10)11)13(19)12-5-14-2-3-16-12/h2-5,9,11H,6-8H2,1H3/t11-/m0/s1. The lowest BCUT2D eigenvalue weighted by Gasteiger charge is -2.33. The van der Waals surface area contributed by atoms with Crippen LogP contribution in [0.25, 0.3) is 0 Å². The first-order valence-corrected chi connectivity index (χ1v) is 6.34. The van der Waals surface area contributed by atoms with Gasteiger partial charge < -0.3 is 14.2 Å². The van der Waals surface area contributed by atoms with Gasteiger partial charge >= 0.3 is 0 Å². The van der Waals surface area contributed by atoms with Gasteiger partial charge in [-0.15, -0.1) is 0 Å². The number of ether oxygens (including phenoxy) is 1. The van der Waals surface area contributed by atoms with Gasteiger partial charge in [0.2, 0.25) is 0 Å². The lowest BCUT2D eigenvalue weighted by molar-refractivity contribution is 0.0594. The third-order valence-corrected chi connectivity index (χ3v) is 3.35. The zero-order valence-electron chi connectivity index (χ0n) is 11.1. The Morgan fingerprint density at radius 2 is 2.30 bits per heavy atom. The molecule has 0 radical (unpaired) electrons. The van der Waals surface area contributed by atoms with E-state index in [1.807, 2.05) is 0 Å². The van der Waals surface area contributed by atoms with Gasteiger partial charge in [-0.05, 0) is 0 Å². The molecule has 0 bridgehead atoms. The normalized spacial score (nSPS) is 17.9. The Labute approximate surface area is 116 Å². The van der Waals surface area contributed by atoms with E-state index >= 15 is 0 Å². The highest BCUT2D eigenvalue weighted by atomic mass is 16.5. The lowest BCUT2D eigenvalue weighted by Crippen LogP contribution is -2.42. The second-order valence-electron chi connectivity index (χ2n) is 4.68. The van der Waals surface area contributed by atoms with Gasteiger partial charge in [0.25, 0.3) is 5.91 Å². The molecule has 2 aromatic rings. The van der Waals surface area contributed by atoms with Crippen molar-refractivity contribution in [2.45, 2.75) is 12.6 Å². The average Bonchev–Trinajstić information content (AvgIpc) is 2.96. The van der Waals surface area contributed by atoms with Crippen LogP contribution in [0.2, 0.25) is 0 Å². The summed E-state index contributed by atoms with van der Waals surface area (Å²) >= 11 is 0. The second-order valence-corrected chi connectivity index (χ2v) is 4.68. The largest absolute Gasteiger partial charge is 0.382 e. The lowest BCUT2D eigenvalue weighted by atomic mass is 10.2. The van der Waals surface area contributed by atoms with E-state index < -0.39 is 0 Å². The number of carbonyl (C=O) groups excluding carboxylic acids is 1. The van der Waals surface area contributed by atoms with Gasteiger partial charge in [0, 0.05) is 32.2 Å². The zero-order valence-corrected chi connectivity index (χ0v) is 11.1. The van der Waals surface area contributed by atoms with Crippen molar-refractivity contribution in [1.29, 1.82) is 0 Å². The fourth-order valence-corrected chi connectivity index (χ4v) is 2.44. The number of carbonyl (C=O) groups is 1. The van der Waals surface area contributed by atoms with Crippen LogP contribution in [0.4, 0.5) is 0 Å². The number of imidazole rings is 1. The highest BCUT2D eigenvalue weighted by Crippen LogP contribution is 2.22. The van der Waals surface area contributed by atoms with E-state index in [1.54, 1.807) is 30.7 Å². The van der Waals surface area contributed by atoms with Gasteiger partial charge in [0.1, 0.15) is 5.69 Å². The minimum atomic E-state index is -0.119. The van der Waals surface area contributed by atoms with Gasteiger partial charge in [-0.2, -0.15) is 0 Å². The molecule has 3 heterocycles. The minimum Gasteiger partial charge on any atom is -0.382 e. The van der Waals surface area contributed by atoms with Crippen LogP contribution in [-0.2, 0) is 11.3 Å². The van der Waals surface area contributed by atoms with Crippen molar-refractivity contribution in [3.63, 3.8) is 0 Å². The van der Waals surface area contributed by atoms with Crippen molar-refractivity contribution in [3.05, 3.63) is 42.5 Å². The number of hydrogen-bond donors (Lipinski definition) is 0. The molecule has 1 aliphatic heterocycles. The van der Waals surface area contributed by atoms with E-state index in [1.165, 1.54) is 12.4 Å². The van der Waals surface area contributed by atoms with E-state index in [2.05, 4.69) is 19.5 Å². The monoisotopic (exact) mass is 273 g/mol. The van der Waals surface area contributed by atoms with Crippen LogP contribution in [0, 0.1) is 0 Å². The van der Waals surface area contributed by atoms with Gasteiger partial charge in [-0.1, -0.05) is 0 Å². The van der Waals surface area contributed by atoms with Gasteiger partial charge in [0.05, 0.1) is 37.4 Å². The first-order chi connectivity index (χ1) is 9.79. The Morgan fingerprint density at radius 1 is 1.40 bits per heavy atom. The maximum atomic E-state index is 12.4. The van der Waals surface area contributed by atoms with Crippen molar-refractivity contribution >= 4 is 5.91 Å². The molecule has 1 aliphatic rings. The Bertz CT molecular complexity index is 598. The Kier molecular flexibility index (Phi) is 3.42. The SMILES string of the molecule is COC[C@@H]1CN(C(=O)c2cnccn2)Cc2cncn21. The van der Waals surface area contributed by atoms with E-state index in [9.17, 15) is 4.79 Å². The van der Waals surface area contributed by atoms with E-state index in [-0.39, 0.29) is 11.9 Å². The van der Waals surface area contributed by atoms with E-state index in [4.69, 9.17) is 4.74 Å². The van der Waals surface area contributed by atoms with Crippen molar-refractivity contribution in [2.75, 3.05) is 20.3 Å². The molecule has 0 saturated heterocycles. The van der Waals surface area contributed by atoms with Crippen LogP contribution in [0.1, 0.15) is 22.2 Å². The molecule has 1 atom stereocenters. The molecule has 0 spiro atoms. The Balaban J connectivity index is 1.84. The number of methoxy groups -OCH3 is 1. The van der Waals surface area contributed by atoms with Gasteiger partial charge in [0.15, 0.2) is 0 Å². The van der Waals surface area contributed by atoms with Gasteiger partial charge in [-0.3, -0.25) is 9.78 Å². The number of hydrogen-bond acceptors (Lipinski definition) is 5. The van der Waals surface area contributed by atoms with Crippen molar-refractivity contribution in [1.82, 2.24) is 24.4 Å². The van der Waals surface area contributed by atoms with Crippen LogP contribution in [-0.4, -0.2) is 50.6 Å². The molecule has 0 fully saturated rings. The van der Waals surface area contributed by atoms with Crippen molar-refractivity contribution < 1.29 is 9.53 Å². The third kappa shape index (κ3) is 2.27. The summed E-state index contributed by atoms with van der Waals surface area (Å²) in [5.74, 6) is -0.119. The maximum absolute atomic E-state index is 12.4. The molecule has 7 heteroatoms. The van der Waals surface area contributed by atoms with Crippen LogP contribution in [0.15, 0.2) is 31.1 Å². The molecule has 3 rings (SSSR count). The highest BCUT2D eigenvalue weighted by Gasteiger charge is 2.29. The minimum absolute atomic E-state index is 0.0758. The summed E-state index contributed by atoms with van der Waals surface area (Å²) in [5.41, 5.74) is 1.35. The molecule has 0 N–H and O–H groups in total. The van der Waals surface area contributed by atoms with Crippen LogP contribution >= 0.6 is 0 Å². The summed E-state index contributed by atoms with van der Waals surface area (Å²) in [6.07, 6.45) is 8.12. The van der Waals surface area contributed by atoms with E-state index in [0.717, 1.165) is 5.69 Å².